The van der Waals surface area contributed by atoms with Gasteiger partial charge in [-0.1, -0.05) is 13.8 Å². The molecule has 1 saturated heterocycles. The lowest BCUT2D eigenvalue weighted by Gasteiger charge is -2.16. The van der Waals surface area contributed by atoms with E-state index < -0.39 is 0 Å². The molecule has 1 aliphatic heterocycles. The first-order chi connectivity index (χ1) is 10.2. The number of aromatic nitrogens is 2. The highest BCUT2D eigenvalue weighted by atomic mass is 16.5. The van der Waals surface area contributed by atoms with Crippen molar-refractivity contribution in [1.29, 1.82) is 0 Å². The van der Waals surface area contributed by atoms with Gasteiger partial charge in [0.2, 0.25) is 0 Å². The molecule has 1 aromatic carbocycles. The molecule has 0 spiro atoms. The van der Waals surface area contributed by atoms with E-state index in [0.29, 0.717) is 5.92 Å². The van der Waals surface area contributed by atoms with Gasteiger partial charge in [-0.25, -0.2) is 4.98 Å². The van der Waals surface area contributed by atoms with Crippen molar-refractivity contribution in [3.63, 3.8) is 0 Å². The van der Waals surface area contributed by atoms with Gasteiger partial charge in [-0.15, -0.1) is 0 Å². The molecule has 4 heteroatoms. The van der Waals surface area contributed by atoms with Gasteiger partial charge >= 0.3 is 0 Å². The first-order valence-corrected chi connectivity index (χ1v) is 7.91. The van der Waals surface area contributed by atoms with Gasteiger partial charge in [0.05, 0.1) is 18.1 Å². The van der Waals surface area contributed by atoms with Gasteiger partial charge < -0.3 is 14.6 Å². The third kappa shape index (κ3) is 3.21. The highest BCUT2D eigenvalue weighted by Gasteiger charge is 2.26. The lowest BCUT2D eigenvalue weighted by molar-refractivity contribution is 0.309. The predicted octanol–water partition coefficient (Wildman–Crippen LogP) is 3.41. The van der Waals surface area contributed by atoms with Gasteiger partial charge in [-0.05, 0) is 44.0 Å². The Labute approximate surface area is 126 Å². The fourth-order valence-corrected chi connectivity index (χ4v) is 3.03. The highest BCUT2D eigenvalue weighted by molar-refractivity contribution is 5.76. The molecule has 114 valence electrons. The molecule has 1 unspecified atom stereocenters. The second-order valence-electron chi connectivity index (χ2n) is 6.47. The summed E-state index contributed by atoms with van der Waals surface area (Å²) in [4.78, 5) is 10.8. The summed E-state index contributed by atoms with van der Waals surface area (Å²) in [6.07, 6.45) is 2.49. The van der Waals surface area contributed by atoms with Crippen molar-refractivity contribution in [1.82, 2.24) is 14.9 Å². The molecule has 2 heterocycles. The van der Waals surface area contributed by atoms with E-state index in [0.717, 1.165) is 35.1 Å². The number of nitrogens with one attached hydrogen (secondary N) is 1. The summed E-state index contributed by atoms with van der Waals surface area (Å²) >= 11 is 0. The normalized spacial score (nSPS) is 19.7. The van der Waals surface area contributed by atoms with Gasteiger partial charge in [0, 0.05) is 18.5 Å². The van der Waals surface area contributed by atoms with Gasteiger partial charge in [-0.3, -0.25) is 0 Å². The van der Waals surface area contributed by atoms with Gasteiger partial charge in [0.15, 0.2) is 0 Å². The molecule has 1 atom stereocenters. The van der Waals surface area contributed by atoms with Crippen molar-refractivity contribution < 1.29 is 4.74 Å². The number of ether oxygens (including phenoxy) is 1. The van der Waals surface area contributed by atoms with Crippen LogP contribution in [0.15, 0.2) is 18.2 Å². The summed E-state index contributed by atoms with van der Waals surface area (Å²) in [6, 6.07) is 6.02. The number of fused-ring (bicyclic) bond motifs is 1. The fraction of sp³-hybridized carbons (Fsp3) is 0.588. The molecule has 0 aliphatic carbocycles. The zero-order chi connectivity index (χ0) is 14.8. The first kappa shape index (κ1) is 14.4. The Morgan fingerprint density at radius 2 is 2.29 bits per heavy atom. The quantitative estimate of drug-likeness (QED) is 0.916. The monoisotopic (exact) mass is 287 g/mol. The minimum Gasteiger partial charge on any atom is -0.497 e. The van der Waals surface area contributed by atoms with Crippen LogP contribution >= 0.6 is 0 Å². The number of likely N-dealkylation sites (tertiary alicyclic amines) is 1. The molecule has 0 saturated carbocycles. The summed E-state index contributed by atoms with van der Waals surface area (Å²) in [7, 11) is 1.70. The number of rotatable bonds is 5. The Morgan fingerprint density at radius 3 is 3.05 bits per heavy atom. The maximum atomic E-state index is 5.27. The summed E-state index contributed by atoms with van der Waals surface area (Å²) in [5, 5.41) is 0. The highest BCUT2D eigenvalue weighted by Crippen LogP contribution is 2.28. The summed E-state index contributed by atoms with van der Waals surface area (Å²) in [6.45, 7) is 8.12. The van der Waals surface area contributed by atoms with E-state index in [9.17, 15) is 0 Å². The molecule has 0 amide bonds. The van der Waals surface area contributed by atoms with Crippen molar-refractivity contribution in [2.75, 3.05) is 26.7 Å². The first-order valence-electron chi connectivity index (χ1n) is 7.91. The minimum absolute atomic E-state index is 0.538. The average Bonchev–Trinajstić information content (AvgIpc) is 3.10. The zero-order valence-corrected chi connectivity index (χ0v) is 13.2. The van der Waals surface area contributed by atoms with E-state index in [1.54, 1.807) is 7.11 Å². The van der Waals surface area contributed by atoms with Gasteiger partial charge in [-0.2, -0.15) is 0 Å². The van der Waals surface area contributed by atoms with Gasteiger partial charge in [0.25, 0.3) is 0 Å². The standard InChI is InChI=1S/C17H25N3O/c1-12(2)6-8-20-9-7-13(11-20)17-18-15-5-4-14(21-3)10-16(15)19-17/h4-5,10,12-13H,6-9,11H2,1-3H3,(H,18,19). The second-order valence-corrected chi connectivity index (χ2v) is 6.47. The van der Waals surface area contributed by atoms with Crippen LogP contribution < -0.4 is 4.74 Å². The largest absolute Gasteiger partial charge is 0.497 e. The van der Waals surface area contributed by atoms with E-state index >= 15 is 0 Å². The summed E-state index contributed by atoms with van der Waals surface area (Å²) < 4.78 is 5.27. The number of hydrogen-bond acceptors (Lipinski definition) is 3. The SMILES string of the molecule is COc1ccc2nc(C3CCN(CCC(C)C)C3)[nH]c2c1. The van der Waals surface area contributed by atoms with E-state index in [4.69, 9.17) is 9.72 Å². The van der Waals surface area contributed by atoms with Crippen LogP contribution in [0.5, 0.6) is 5.75 Å². The fourth-order valence-electron chi connectivity index (χ4n) is 3.03. The van der Waals surface area contributed by atoms with Crippen molar-refractivity contribution in [2.45, 2.75) is 32.6 Å². The molecule has 1 aromatic heterocycles. The number of hydrogen-bond donors (Lipinski definition) is 1. The Bertz CT molecular complexity index is 605. The van der Waals surface area contributed by atoms with E-state index in [-0.39, 0.29) is 0 Å². The van der Waals surface area contributed by atoms with Crippen LogP contribution in [0.1, 0.15) is 38.4 Å². The van der Waals surface area contributed by atoms with Crippen LogP contribution in [-0.4, -0.2) is 41.6 Å². The van der Waals surface area contributed by atoms with Crippen LogP contribution in [0, 0.1) is 5.92 Å². The number of benzene rings is 1. The van der Waals surface area contributed by atoms with Crippen molar-refractivity contribution in [3.05, 3.63) is 24.0 Å². The lowest BCUT2D eigenvalue weighted by atomic mass is 10.1. The number of methoxy groups -OCH3 is 1. The van der Waals surface area contributed by atoms with E-state index in [1.807, 2.05) is 18.2 Å². The maximum absolute atomic E-state index is 5.27. The third-order valence-corrected chi connectivity index (χ3v) is 4.39. The molecule has 2 aromatic rings. The minimum atomic E-state index is 0.538. The third-order valence-electron chi connectivity index (χ3n) is 4.39. The molecular weight excluding hydrogens is 262 g/mol. The van der Waals surface area contributed by atoms with Crippen LogP contribution in [0.4, 0.5) is 0 Å². The van der Waals surface area contributed by atoms with Gasteiger partial charge in [0.1, 0.15) is 11.6 Å². The number of H-pyrrole nitrogens is 1. The lowest BCUT2D eigenvalue weighted by Crippen LogP contribution is -2.22. The molecule has 1 N–H and O–H groups in total. The molecule has 0 radical (unpaired) electrons. The van der Waals surface area contributed by atoms with Crippen molar-refractivity contribution >= 4 is 11.0 Å². The van der Waals surface area contributed by atoms with Crippen LogP contribution in [0.2, 0.25) is 0 Å². The smallest absolute Gasteiger partial charge is 0.121 e. The molecular formula is C17H25N3O. The number of aromatic amines is 1. The Morgan fingerprint density at radius 1 is 1.43 bits per heavy atom. The Hall–Kier alpha value is -1.55. The Balaban J connectivity index is 1.70. The number of imidazole rings is 1. The molecule has 0 bridgehead atoms. The van der Waals surface area contributed by atoms with Crippen LogP contribution in [-0.2, 0) is 0 Å². The van der Waals surface area contributed by atoms with Crippen LogP contribution in [0.3, 0.4) is 0 Å². The van der Waals surface area contributed by atoms with Crippen LogP contribution in [0.25, 0.3) is 11.0 Å². The topological polar surface area (TPSA) is 41.1 Å². The maximum Gasteiger partial charge on any atom is 0.121 e. The summed E-state index contributed by atoms with van der Waals surface area (Å²) in [5.74, 6) is 3.33. The zero-order valence-electron chi connectivity index (χ0n) is 13.2. The molecule has 1 aliphatic rings. The second kappa shape index (κ2) is 6.06. The molecule has 3 rings (SSSR count). The van der Waals surface area contributed by atoms with Crippen molar-refractivity contribution in [2.24, 2.45) is 5.92 Å². The van der Waals surface area contributed by atoms with E-state index in [2.05, 4.69) is 23.7 Å². The molecule has 4 nitrogen and oxygen atoms in total. The predicted molar refractivity (Wildman–Crippen MR) is 85.9 cm³/mol. The average molecular weight is 287 g/mol. The number of nitrogens with zero attached hydrogens (tertiary/aromatic N) is 2. The molecule has 21 heavy (non-hydrogen) atoms. The molecule has 1 fully saturated rings. The summed E-state index contributed by atoms with van der Waals surface area (Å²) in [5.41, 5.74) is 2.11. The van der Waals surface area contributed by atoms with E-state index in [1.165, 1.54) is 25.9 Å². The van der Waals surface area contributed by atoms with Crippen molar-refractivity contribution in [3.8, 4) is 5.75 Å². The Kier molecular flexibility index (Phi) is 4.15.